The van der Waals surface area contributed by atoms with Gasteiger partial charge in [0.15, 0.2) is 0 Å². The van der Waals surface area contributed by atoms with Gasteiger partial charge in [0.2, 0.25) is 0 Å². The maximum absolute atomic E-state index is 10.8. The number of hydrogen-bond acceptors (Lipinski definition) is 1. The molecule has 3 rings (SSSR count). The van der Waals surface area contributed by atoms with Crippen LogP contribution in [-0.4, -0.2) is 5.11 Å². The summed E-state index contributed by atoms with van der Waals surface area (Å²) in [5.74, 6) is 0.312. The monoisotopic (exact) mass is 408 g/mol. The van der Waals surface area contributed by atoms with Crippen LogP contribution in [0, 0.1) is 0 Å². The fourth-order valence-corrected chi connectivity index (χ4v) is 3.93. The first-order valence-corrected chi connectivity index (χ1v) is 9.68. The number of phenols is 1. The normalized spacial score (nSPS) is 12.2. The molecule has 0 heterocycles. The highest BCUT2D eigenvalue weighted by molar-refractivity contribution is 9.10. The second kappa shape index (κ2) is 6.92. The van der Waals surface area contributed by atoms with Gasteiger partial charge in [0.05, 0.1) is 4.47 Å². The van der Waals surface area contributed by atoms with Gasteiger partial charge in [0, 0.05) is 16.4 Å². The Kier molecular flexibility index (Phi) is 4.98. The molecule has 0 spiro atoms. The van der Waals surface area contributed by atoms with E-state index in [1.165, 1.54) is 16.7 Å². The Hall–Kier alpha value is -2.06. The van der Waals surface area contributed by atoms with Crippen molar-refractivity contribution in [1.82, 2.24) is 0 Å². The summed E-state index contributed by atoms with van der Waals surface area (Å²) in [4.78, 5) is 0. The zero-order valence-electron chi connectivity index (χ0n) is 15.8. The van der Waals surface area contributed by atoms with E-state index in [-0.39, 0.29) is 10.8 Å². The average molecular weight is 409 g/mol. The van der Waals surface area contributed by atoms with Gasteiger partial charge in [-0.05, 0) is 38.7 Å². The molecular formula is C24H25BrO. The second-order valence-corrected chi connectivity index (χ2v) is 8.69. The Labute approximate surface area is 164 Å². The smallest absolute Gasteiger partial charge is 0.133 e. The minimum Gasteiger partial charge on any atom is -0.506 e. The molecule has 0 aliphatic carbocycles. The summed E-state index contributed by atoms with van der Waals surface area (Å²) in [6.45, 7) is 8.76. The van der Waals surface area contributed by atoms with Crippen LogP contribution < -0.4 is 0 Å². The van der Waals surface area contributed by atoms with Gasteiger partial charge < -0.3 is 5.11 Å². The number of hydrogen-bond donors (Lipinski definition) is 1. The highest BCUT2D eigenvalue weighted by Gasteiger charge is 2.31. The molecule has 134 valence electrons. The van der Waals surface area contributed by atoms with E-state index in [1.54, 1.807) is 0 Å². The summed E-state index contributed by atoms with van der Waals surface area (Å²) in [6.07, 6.45) is 0. The molecular weight excluding hydrogens is 384 g/mol. The molecule has 0 radical (unpaired) electrons. The fraction of sp³-hybridized carbons (Fsp3) is 0.250. The number of phenolic OH excluding ortho intramolecular Hbond substituents is 1. The van der Waals surface area contributed by atoms with Gasteiger partial charge in [-0.3, -0.25) is 0 Å². The summed E-state index contributed by atoms with van der Waals surface area (Å²) in [6, 6.07) is 25.0. The first-order chi connectivity index (χ1) is 12.2. The molecule has 1 nitrogen and oxygen atoms in total. The molecule has 0 atom stereocenters. The predicted molar refractivity (Wildman–Crippen MR) is 113 cm³/mol. The van der Waals surface area contributed by atoms with Crippen LogP contribution in [0.2, 0.25) is 0 Å². The van der Waals surface area contributed by atoms with Gasteiger partial charge in [-0.1, -0.05) is 94.4 Å². The average Bonchev–Trinajstić information content (AvgIpc) is 2.65. The van der Waals surface area contributed by atoms with Crippen LogP contribution in [0.25, 0.3) is 0 Å². The van der Waals surface area contributed by atoms with Crippen molar-refractivity contribution in [3.05, 3.63) is 99.5 Å². The van der Waals surface area contributed by atoms with Gasteiger partial charge in [-0.25, -0.2) is 0 Å². The molecule has 0 unspecified atom stereocenters. The molecule has 0 fully saturated rings. The van der Waals surface area contributed by atoms with Gasteiger partial charge in [0.1, 0.15) is 5.75 Å². The SMILES string of the molecule is CC(C)(c1ccccc1)c1cc(Br)c(O)c(C(C)(C)c2ccccc2)c1. The molecule has 1 N–H and O–H groups in total. The van der Waals surface area contributed by atoms with E-state index >= 15 is 0 Å². The highest BCUT2D eigenvalue weighted by atomic mass is 79.9. The predicted octanol–water partition coefficient (Wildman–Crippen LogP) is 6.81. The van der Waals surface area contributed by atoms with E-state index in [9.17, 15) is 5.11 Å². The van der Waals surface area contributed by atoms with Gasteiger partial charge >= 0.3 is 0 Å². The summed E-state index contributed by atoms with van der Waals surface area (Å²) < 4.78 is 0.734. The molecule has 26 heavy (non-hydrogen) atoms. The standard InChI is InChI=1S/C24H25BrO/c1-23(2,17-11-7-5-8-12-17)19-15-20(22(26)21(25)16-19)24(3,4)18-13-9-6-10-14-18/h5-16,26H,1-4H3. The third kappa shape index (κ3) is 3.31. The Morgan fingerprint density at radius 3 is 1.62 bits per heavy atom. The summed E-state index contributed by atoms with van der Waals surface area (Å²) in [5, 5.41) is 10.8. The summed E-state index contributed by atoms with van der Waals surface area (Å²) >= 11 is 3.58. The van der Waals surface area contributed by atoms with Gasteiger partial charge in [-0.15, -0.1) is 0 Å². The first-order valence-electron chi connectivity index (χ1n) is 8.89. The third-order valence-electron chi connectivity index (χ3n) is 5.45. The van der Waals surface area contributed by atoms with E-state index in [4.69, 9.17) is 0 Å². The Balaban J connectivity index is 2.17. The topological polar surface area (TPSA) is 20.2 Å². The van der Waals surface area contributed by atoms with Crippen molar-refractivity contribution in [3.8, 4) is 5.75 Å². The molecule has 0 aliphatic heterocycles. The lowest BCUT2D eigenvalue weighted by Crippen LogP contribution is -2.23. The summed E-state index contributed by atoms with van der Waals surface area (Å²) in [7, 11) is 0. The van der Waals surface area contributed by atoms with Crippen molar-refractivity contribution >= 4 is 15.9 Å². The quantitative estimate of drug-likeness (QED) is 0.502. The Morgan fingerprint density at radius 1 is 0.654 bits per heavy atom. The second-order valence-electron chi connectivity index (χ2n) is 7.84. The van der Waals surface area contributed by atoms with Crippen LogP contribution >= 0.6 is 15.9 Å². The lowest BCUT2D eigenvalue weighted by molar-refractivity contribution is 0.448. The van der Waals surface area contributed by atoms with Gasteiger partial charge in [-0.2, -0.15) is 0 Å². The maximum Gasteiger partial charge on any atom is 0.133 e. The van der Waals surface area contributed by atoms with E-state index < -0.39 is 0 Å². The molecule has 0 saturated carbocycles. The van der Waals surface area contributed by atoms with E-state index in [0.717, 1.165) is 10.0 Å². The van der Waals surface area contributed by atoms with Crippen LogP contribution in [0.4, 0.5) is 0 Å². The molecule has 0 saturated heterocycles. The third-order valence-corrected chi connectivity index (χ3v) is 6.05. The molecule has 3 aromatic rings. The lowest BCUT2D eigenvalue weighted by Gasteiger charge is -2.32. The van der Waals surface area contributed by atoms with E-state index in [1.807, 2.05) is 30.3 Å². The van der Waals surface area contributed by atoms with E-state index in [0.29, 0.717) is 5.75 Å². The molecule has 0 amide bonds. The van der Waals surface area contributed by atoms with Crippen LogP contribution in [-0.2, 0) is 10.8 Å². The van der Waals surface area contributed by atoms with Crippen molar-refractivity contribution in [2.24, 2.45) is 0 Å². The number of benzene rings is 3. The van der Waals surface area contributed by atoms with Gasteiger partial charge in [0.25, 0.3) is 0 Å². The largest absolute Gasteiger partial charge is 0.506 e. The number of rotatable bonds is 4. The first kappa shape index (κ1) is 18.7. The van der Waals surface area contributed by atoms with Crippen molar-refractivity contribution in [3.63, 3.8) is 0 Å². The number of halogens is 1. The van der Waals surface area contributed by atoms with Crippen molar-refractivity contribution in [1.29, 1.82) is 0 Å². The maximum atomic E-state index is 10.8. The zero-order valence-corrected chi connectivity index (χ0v) is 17.3. The Morgan fingerprint density at radius 2 is 1.12 bits per heavy atom. The molecule has 0 bridgehead atoms. The van der Waals surface area contributed by atoms with Crippen LogP contribution in [0.1, 0.15) is 49.9 Å². The van der Waals surface area contributed by atoms with Crippen LogP contribution in [0.3, 0.4) is 0 Å². The van der Waals surface area contributed by atoms with Crippen LogP contribution in [0.5, 0.6) is 5.75 Å². The van der Waals surface area contributed by atoms with Crippen molar-refractivity contribution in [2.45, 2.75) is 38.5 Å². The lowest BCUT2D eigenvalue weighted by atomic mass is 9.73. The highest BCUT2D eigenvalue weighted by Crippen LogP contribution is 2.44. The zero-order chi connectivity index (χ0) is 18.9. The van der Waals surface area contributed by atoms with Crippen molar-refractivity contribution < 1.29 is 5.11 Å². The summed E-state index contributed by atoms with van der Waals surface area (Å²) in [5.41, 5.74) is 4.05. The molecule has 0 aliphatic rings. The van der Waals surface area contributed by atoms with E-state index in [2.05, 4.69) is 86.1 Å². The molecule has 3 aromatic carbocycles. The van der Waals surface area contributed by atoms with Crippen molar-refractivity contribution in [2.75, 3.05) is 0 Å². The fourth-order valence-electron chi connectivity index (χ4n) is 3.47. The minimum absolute atomic E-state index is 0.168. The molecule has 0 aromatic heterocycles. The number of aromatic hydroxyl groups is 1. The van der Waals surface area contributed by atoms with Crippen LogP contribution in [0.15, 0.2) is 77.3 Å². The molecule has 2 heteroatoms. The Bertz CT molecular complexity index is 896. The minimum atomic E-state index is -0.309.